The first-order chi connectivity index (χ1) is 15.8. The van der Waals surface area contributed by atoms with E-state index in [0.29, 0.717) is 6.61 Å². The zero-order valence-corrected chi connectivity index (χ0v) is 19.7. The molecule has 1 aliphatic rings. The van der Waals surface area contributed by atoms with E-state index in [-0.39, 0.29) is 6.29 Å². The molecule has 0 amide bonds. The highest BCUT2D eigenvalue weighted by Gasteiger charge is 2.15. The average molecular weight is 441 g/mol. The third-order valence-electron chi connectivity index (χ3n) is 5.88. The van der Waals surface area contributed by atoms with Crippen molar-refractivity contribution in [2.45, 2.75) is 71.0 Å². The molecule has 0 N–H and O–H groups in total. The molecule has 1 aliphatic heterocycles. The summed E-state index contributed by atoms with van der Waals surface area (Å²) in [5.74, 6) is 0.884. The minimum atomic E-state index is -0.0899. The number of aryl methyl sites for hydroxylation is 1. The van der Waals surface area contributed by atoms with Crippen LogP contribution in [-0.4, -0.2) is 39.3 Å². The van der Waals surface area contributed by atoms with Gasteiger partial charge in [0.2, 0.25) is 0 Å². The highest BCUT2D eigenvalue weighted by molar-refractivity contribution is 5.64. The maximum atomic E-state index is 5.94. The van der Waals surface area contributed by atoms with Crippen molar-refractivity contribution in [3.63, 3.8) is 0 Å². The van der Waals surface area contributed by atoms with Gasteiger partial charge in [-0.25, -0.2) is 0 Å². The third-order valence-corrected chi connectivity index (χ3v) is 5.88. The Morgan fingerprint density at radius 2 is 1.44 bits per heavy atom. The summed E-state index contributed by atoms with van der Waals surface area (Å²) in [4.78, 5) is 0. The van der Waals surface area contributed by atoms with Crippen molar-refractivity contribution in [2.75, 3.05) is 33.0 Å². The average Bonchev–Trinajstić information content (AvgIpc) is 2.84. The molecule has 1 heterocycles. The highest BCUT2D eigenvalue weighted by Crippen LogP contribution is 2.25. The molecule has 4 heteroatoms. The second kappa shape index (κ2) is 15.0. The van der Waals surface area contributed by atoms with Crippen LogP contribution in [0.4, 0.5) is 0 Å². The summed E-state index contributed by atoms with van der Waals surface area (Å²) in [6, 6.07) is 17.4. The predicted octanol–water partition coefficient (Wildman–Crippen LogP) is 6.81. The number of ether oxygens (including phenoxy) is 4. The van der Waals surface area contributed by atoms with Gasteiger partial charge < -0.3 is 18.9 Å². The fourth-order valence-corrected chi connectivity index (χ4v) is 3.97. The number of rotatable bonds is 15. The van der Waals surface area contributed by atoms with Gasteiger partial charge in [0.25, 0.3) is 0 Å². The molecule has 3 rings (SSSR count). The van der Waals surface area contributed by atoms with Gasteiger partial charge >= 0.3 is 0 Å². The topological polar surface area (TPSA) is 36.9 Å². The van der Waals surface area contributed by atoms with Crippen LogP contribution in [0.2, 0.25) is 0 Å². The Hall–Kier alpha value is -1.88. The molecule has 0 spiro atoms. The molecule has 32 heavy (non-hydrogen) atoms. The van der Waals surface area contributed by atoms with Gasteiger partial charge in [0.15, 0.2) is 6.29 Å². The normalized spacial score (nSPS) is 16.2. The SMILES string of the molecule is CCOCCOCCCCCCCc1ccc(-c2ccc(OC3CCCCO3)cc2)cc1. The molecule has 1 unspecified atom stereocenters. The molecule has 2 aromatic rings. The lowest BCUT2D eigenvalue weighted by atomic mass is 10.0. The Morgan fingerprint density at radius 1 is 0.750 bits per heavy atom. The van der Waals surface area contributed by atoms with Gasteiger partial charge in [-0.2, -0.15) is 0 Å². The van der Waals surface area contributed by atoms with Crippen molar-refractivity contribution in [3.8, 4) is 16.9 Å². The van der Waals surface area contributed by atoms with Gasteiger partial charge in [0.05, 0.1) is 19.8 Å². The first-order valence-corrected chi connectivity index (χ1v) is 12.5. The Balaban J connectivity index is 1.29. The molecular formula is C28H40O4. The fourth-order valence-electron chi connectivity index (χ4n) is 3.97. The Morgan fingerprint density at radius 3 is 2.16 bits per heavy atom. The van der Waals surface area contributed by atoms with Crippen LogP contribution in [0, 0.1) is 0 Å². The van der Waals surface area contributed by atoms with Gasteiger partial charge in [-0.1, -0.05) is 55.7 Å². The number of hydrogen-bond donors (Lipinski definition) is 0. The lowest BCUT2D eigenvalue weighted by molar-refractivity contribution is -0.105. The van der Waals surface area contributed by atoms with Crippen molar-refractivity contribution in [1.82, 2.24) is 0 Å². The molecule has 1 saturated heterocycles. The van der Waals surface area contributed by atoms with Crippen LogP contribution in [0.15, 0.2) is 48.5 Å². The van der Waals surface area contributed by atoms with Crippen LogP contribution < -0.4 is 4.74 Å². The van der Waals surface area contributed by atoms with Crippen LogP contribution in [0.25, 0.3) is 11.1 Å². The van der Waals surface area contributed by atoms with Crippen molar-refractivity contribution in [2.24, 2.45) is 0 Å². The van der Waals surface area contributed by atoms with E-state index in [4.69, 9.17) is 18.9 Å². The summed E-state index contributed by atoms with van der Waals surface area (Å²) < 4.78 is 22.4. The molecule has 0 aromatic heterocycles. The molecule has 0 aliphatic carbocycles. The van der Waals surface area contributed by atoms with Crippen LogP contribution in [0.1, 0.15) is 63.9 Å². The molecule has 176 valence electrons. The summed E-state index contributed by atoms with van der Waals surface area (Å²) in [5, 5.41) is 0. The number of benzene rings is 2. The monoisotopic (exact) mass is 440 g/mol. The van der Waals surface area contributed by atoms with E-state index < -0.39 is 0 Å². The largest absolute Gasteiger partial charge is 0.465 e. The molecule has 1 atom stereocenters. The van der Waals surface area contributed by atoms with Crippen LogP contribution in [0.3, 0.4) is 0 Å². The van der Waals surface area contributed by atoms with Crippen LogP contribution >= 0.6 is 0 Å². The number of unbranched alkanes of at least 4 members (excludes halogenated alkanes) is 4. The summed E-state index contributed by atoms with van der Waals surface area (Å²) in [7, 11) is 0. The zero-order chi connectivity index (χ0) is 22.3. The van der Waals surface area contributed by atoms with E-state index in [2.05, 4.69) is 36.4 Å². The van der Waals surface area contributed by atoms with Gasteiger partial charge in [-0.15, -0.1) is 0 Å². The Bertz CT molecular complexity index is 720. The fraction of sp³-hybridized carbons (Fsp3) is 0.571. The van der Waals surface area contributed by atoms with Gasteiger partial charge in [-0.3, -0.25) is 0 Å². The second-order valence-electron chi connectivity index (χ2n) is 8.46. The predicted molar refractivity (Wildman–Crippen MR) is 130 cm³/mol. The van der Waals surface area contributed by atoms with E-state index in [1.807, 2.05) is 19.1 Å². The summed E-state index contributed by atoms with van der Waals surface area (Å²) >= 11 is 0. The molecular weight excluding hydrogens is 400 g/mol. The number of hydrogen-bond acceptors (Lipinski definition) is 4. The molecule has 0 saturated carbocycles. The summed E-state index contributed by atoms with van der Waals surface area (Å²) in [6.07, 6.45) is 10.6. The maximum Gasteiger partial charge on any atom is 0.199 e. The Kier molecular flexibility index (Phi) is 11.6. The molecule has 0 radical (unpaired) electrons. The molecule has 0 bridgehead atoms. The summed E-state index contributed by atoms with van der Waals surface area (Å²) in [5.41, 5.74) is 3.89. The minimum absolute atomic E-state index is 0.0899. The van der Waals surface area contributed by atoms with E-state index in [1.54, 1.807) is 0 Å². The maximum absolute atomic E-state index is 5.94. The van der Waals surface area contributed by atoms with Crippen molar-refractivity contribution in [1.29, 1.82) is 0 Å². The first kappa shape index (κ1) is 24.8. The van der Waals surface area contributed by atoms with E-state index in [1.165, 1.54) is 48.8 Å². The van der Waals surface area contributed by atoms with Crippen LogP contribution in [0.5, 0.6) is 5.75 Å². The minimum Gasteiger partial charge on any atom is -0.465 e. The zero-order valence-electron chi connectivity index (χ0n) is 19.7. The van der Waals surface area contributed by atoms with E-state index in [0.717, 1.165) is 57.9 Å². The lowest BCUT2D eigenvalue weighted by Gasteiger charge is -2.23. The smallest absolute Gasteiger partial charge is 0.199 e. The standard InChI is InChI=1S/C28H40O4/c1-2-29-22-23-30-20-8-5-3-4-6-10-24-12-14-25(15-13-24)26-16-18-27(19-17-26)32-28-11-7-9-21-31-28/h12-19,28H,2-11,20-23H2,1H3. The van der Waals surface area contributed by atoms with Crippen molar-refractivity contribution >= 4 is 0 Å². The first-order valence-electron chi connectivity index (χ1n) is 12.5. The van der Waals surface area contributed by atoms with Gasteiger partial charge in [0, 0.05) is 19.6 Å². The molecule has 2 aromatic carbocycles. The highest BCUT2D eigenvalue weighted by atomic mass is 16.7. The van der Waals surface area contributed by atoms with Crippen molar-refractivity contribution in [3.05, 3.63) is 54.1 Å². The van der Waals surface area contributed by atoms with Crippen molar-refractivity contribution < 1.29 is 18.9 Å². The molecule has 4 nitrogen and oxygen atoms in total. The Labute approximate surface area is 194 Å². The second-order valence-corrected chi connectivity index (χ2v) is 8.46. The molecule has 1 fully saturated rings. The lowest BCUT2D eigenvalue weighted by Crippen LogP contribution is -2.24. The van der Waals surface area contributed by atoms with Gasteiger partial charge in [-0.05, 0) is 67.9 Å². The van der Waals surface area contributed by atoms with Crippen LogP contribution in [-0.2, 0) is 20.6 Å². The van der Waals surface area contributed by atoms with E-state index >= 15 is 0 Å². The van der Waals surface area contributed by atoms with E-state index in [9.17, 15) is 0 Å². The quantitative estimate of drug-likeness (QED) is 0.285. The third kappa shape index (κ3) is 9.32. The summed E-state index contributed by atoms with van der Waals surface area (Å²) in [6.45, 7) is 5.87. The van der Waals surface area contributed by atoms with Gasteiger partial charge in [0.1, 0.15) is 5.75 Å².